The van der Waals surface area contributed by atoms with Crippen LogP contribution in [0.3, 0.4) is 0 Å². The molecule has 0 spiro atoms. The summed E-state index contributed by atoms with van der Waals surface area (Å²) >= 11 is 4.26. The number of primary amides is 1. The number of unbranched alkanes of at least 4 members (excludes halogenated alkanes) is 1. The number of thiol groups is 1. The van der Waals surface area contributed by atoms with Gasteiger partial charge in [0.15, 0.2) is 17.9 Å². The highest BCUT2D eigenvalue weighted by atomic mass is 32.1. The average Bonchev–Trinajstić information content (AvgIpc) is 1.63. The Bertz CT molecular complexity index is 4170. The van der Waals surface area contributed by atoms with Crippen molar-refractivity contribution >= 4 is 155 Å². The predicted octanol–water partition coefficient (Wildman–Crippen LogP) is -11.2. The molecular weight excluding hydrogens is 1840 g/mol. The lowest BCUT2D eigenvalue weighted by Gasteiger charge is -2.31. The van der Waals surface area contributed by atoms with Crippen molar-refractivity contribution in [3.05, 3.63) is 0 Å². The van der Waals surface area contributed by atoms with Gasteiger partial charge in [-0.05, 0) is 154 Å². The van der Waals surface area contributed by atoms with E-state index in [1.54, 1.807) is 41.5 Å². The number of carboxylic acid groups (broad SMARTS) is 3. The predicted molar refractivity (Wildman–Crippen MR) is 498 cm³/mol. The van der Waals surface area contributed by atoms with Crippen LogP contribution in [0.25, 0.3) is 0 Å². The zero-order chi connectivity index (χ0) is 105. The van der Waals surface area contributed by atoms with Crippen molar-refractivity contribution in [3.63, 3.8) is 0 Å². The molecular formula is C82H145N29O26S. The van der Waals surface area contributed by atoms with E-state index in [1.807, 2.05) is 0 Å². The Labute approximate surface area is 803 Å². The van der Waals surface area contributed by atoms with Crippen LogP contribution in [0.2, 0.25) is 0 Å². The topological polar surface area (TPSA) is 919 Å². The zero-order valence-corrected chi connectivity index (χ0v) is 80.1. The summed E-state index contributed by atoms with van der Waals surface area (Å²) in [5, 5.41) is 118. The Morgan fingerprint density at radius 3 is 1.18 bits per heavy atom. The Morgan fingerprint density at radius 2 is 0.739 bits per heavy atom. The maximum atomic E-state index is 14.7. The van der Waals surface area contributed by atoms with Gasteiger partial charge in [0.1, 0.15) is 90.6 Å². The van der Waals surface area contributed by atoms with E-state index >= 15 is 0 Å². The van der Waals surface area contributed by atoms with Gasteiger partial charge in [0.05, 0.1) is 31.8 Å². The van der Waals surface area contributed by atoms with Crippen LogP contribution in [0, 0.1) is 34.0 Å². The average molecular weight is 1990 g/mol. The molecule has 0 saturated carbocycles. The highest BCUT2D eigenvalue weighted by Crippen LogP contribution is 2.22. The maximum Gasteiger partial charge on any atom is 0.325 e. The second-order valence-electron chi connectivity index (χ2n) is 34.4. The standard InChI is InChI=1S/C82H145N29O26S/c1-39(2)32-52(71(128)98-43(8)79(136)137)106-70(127)50(23-26-62(119)120)102-72(129)54(34-41(5)6)107-76(133)57-20-15-31-111(57)78(135)51(21-24-58(85)114)104-75(132)56(38-138)109-68(125)48(19-14-30-94-82(90)91)103-77(134)63(44(9)113)110-74(131)55(37-112)108-73(130)53(33-40(3)4)105-64(121)42(7)97-67(124)47(18-13-29-93-81(88)89)99-60(116)36-96-66(123)46(17-10-11-27-83)101-69(126)49(22-25-61(117)118)100-59(115)35-95-65(122)45(84)16-12-28-92-80(86)87/h39-57,63,112-113,138H,10-38,83-84H2,1-9H3,(H2,85,114)(H,95,122)(H,96,123)(H,97,124)(H,98,128)(H,99,116)(H,100,115)(H,101,126)(H,102,129)(H,103,134)(H,104,132)(H,105,121)(H,106,127)(H,107,133)(H,108,130)(H,109,125)(H,110,131)(H,117,118)(H,119,120)(H,136,137)(H4,86,87,92)(H4,88,89,93)(H4,90,91,94). The minimum Gasteiger partial charge on any atom is -0.481 e. The summed E-state index contributed by atoms with van der Waals surface area (Å²) in [7, 11) is 0. The van der Waals surface area contributed by atoms with Gasteiger partial charge in [0, 0.05) is 51.2 Å². The number of hydrogen-bond acceptors (Lipinski definition) is 29. The molecule has 56 heteroatoms. The van der Waals surface area contributed by atoms with Crippen LogP contribution in [0.1, 0.15) is 191 Å². The molecule has 18 amide bonds. The maximum absolute atomic E-state index is 14.7. The van der Waals surface area contributed by atoms with Gasteiger partial charge in [0.25, 0.3) is 0 Å². The third-order valence-electron chi connectivity index (χ3n) is 20.9. The molecule has 39 N–H and O–H groups in total. The molecule has 0 radical (unpaired) electrons. The molecule has 0 bridgehead atoms. The van der Waals surface area contributed by atoms with Crippen molar-refractivity contribution in [3.8, 4) is 0 Å². The van der Waals surface area contributed by atoms with E-state index in [4.69, 9.17) is 50.6 Å². The van der Waals surface area contributed by atoms with Crippen LogP contribution in [0.5, 0.6) is 0 Å². The molecule has 0 aromatic carbocycles. The van der Waals surface area contributed by atoms with Crippen LogP contribution in [0.15, 0.2) is 0 Å². The van der Waals surface area contributed by atoms with Crippen LogP contribution in [-0.2, 0) is 101 Å². The molecule has 138 heavy (non-hydrogen) atoms. The number of carboxylic acids is 3. The fourth-order valence-electron chi connectivity index (χ4n) is 13.6. The second-order valence-corrected chi connectivity index (χ2v) is 34.8. The second kappa shape index (κ2) is 64.8. The van der Waals surface area contributed by atoms with Gasteiger partial charge in [-0.3, -0.25) is 117 Å². The van der Waals surface area contributed by atoms with Gasteiger partial charge >= 0.3 is 17.9 Å². The largest absolute Gasteiger partial charge is 0.481 e. The number of nitrogens with two attached hydrogens (primary N) is 6. The van der Waals surface area contributed by atoms with Crippen LogP contribution >= 0.6 is 12.6 Å². The summed E-state index contributed by atoms with van der Waals surface area (Å²) in [5.74, 6) is -25.2. The third kappa shape index (κ3) is 49.6. The van der Waals surface area contributed by atoms with Gasteiger partial charge in [-0.25, -0.2) is 0 Å². The first-order valence-corrected chi connectivity index (χ1v) is 45.9. The van der Waals surface area contributed by atoms with E-state index in [2.05, 4.69) is 114 Å². The first kappa shape index (κ1) is 123. The van der Waals surface area contributed by atoms with E-state index in [9.17, 15) is 126 Å². The van der Waals surface area contributed by atoms with Gasteiger partial charge in [-0.1, -0.05) is 41.5 Å². The SMILES string of the molecule is CC(C)CC(NC(=O)C(C)NC(=O)C(CCCNC(=N)N)NC(=O)CNC(=O)C(CCCCN)NC(=O)C(CCC(=O)O)NC(=O)CNC(=O)C(N)CCCNC(=N)N)C(=O)NC(CO)C(=O)NC(C(=O)NC(CCCNC(=N)N)C(=O)NC(CS)C(=O)NC(CCC(N)=O)C(=O)N1CCCC1C(=O)NC(CC(C)C)C(=O)NC(CCC(=O)O)C(=O)NC(CC(C)C)C(=O)NC(C)C(=O)O)C(C)O. The number of carbonyl (C=O) groups excluding carboxylic acids is 18. The fraction of sp³-hybridized carbons (Fsp3) is 0.707. The van der Waals surface area contributed by atoms with Gasteiger partial charge < -0.3 is 166 Å². The number of aliphatic hydroxyl groups excluding tert-OH is 2. The van der Waals surface area contributed by atoms with Crippen molar-refractivity contribution < 1.29 is 126 Å². The van der Waals surface area contributed by atoms with Crippen molar-refractivity contribution in [1.82, 2.24) is 106 Å². The third-order valence-corrected chi connectivity index (χ3v) is 21.3. The Hall–Kier alpha value is -13.1. The lowest BCUT2D eigenvalue weighted by atomic mass is 10.00. The molecule has 17 unspecified atom stereocenters. The molecule has 17 atom stereocenters. The molecule has 1 aliphatic heterocycles. The van der Waals surface area contributed by atoms with E-state index in [0.29, 0.717) is 12.8 Å². The Kier molecular flexibility index (Phi) is 57.7. The molecule has 1 saturated heterocycles. The Balaban J connectivity index is 3.52. The molecule has 1 aliphatic rings. The quantitative estimate of drug-likeness (QED) is 0.0116. The number of aliphatic hydroxyl groups is 2. The smallest absolute Gasteiger partial charge is 0.325 e. The lowest BCUT2D eigenvalue weighted by Crippen LogP contribution is -2.62. The first-order chi connectivity index (χ1) is 64.7. The molecule has 1 heterocycles. The highest BCUT2D eigenvalue weighted by molar-refractivity contribution is 7.80. The van der Waals surface area contributed by atoms with Crippen LogP contribution in [-0.4, -0.2) is 333 Å². The number of amides is 18. The summed E-state index contributed by atoms with van der Waals surface area (Å²) < 4.78 is 0. The molecule has 1 fully saturated rings. The number of nitrogens with zero attached hydrogens (tertiary/aromatic N) is 1. The fourth-order valence-corrected chi connectivity index (χ4v) is 13.9. The summed E-state index contributed by atoms with van der Waals surface area (Å²) in [6.07, 6.45) is -4.97. The van der Waals surface area contributed by atoms with Gasteiger partial charge in [0.2, 0.25) is 106 Å². The van der Waals surface area contributed by atoms with Crippen LogP contribution in [0.4, 0.5) is 0 Å². The monoisotopic (exact) mass is 1980 g/mol. The first-order valence-electron chi connectivity index (χ1n) is 45.3. The lowest BCUT2D eigenvalue weighted by molar-refractivity contribution is -0.143. The van der Waals surface area contributed by atoms with E-state index < -0.39 is 309 Å². The van der Waals surface area contributed by atoms with E-state index in [-0.39, 0.29) is 128 Å². The summed E-state index contributed by atoms with van der Waals surface area (Å²) in [6, 6.07) is -25.0. The normalized spacial score (nSPS) is 15.7. The van der Waals surface area contributed by atoms with Crippen molar-refractivity contribution in [1.29, 1.82) is 16.2 Å². The summed E-state index contributed by atoms with van der Waals surface area (Å²) in [6.45, 7) is 10.9. The number of aliphatic carboxylic acids is 3. The zero-order valence-electron chi connectivity index (χ0n) is 79.2. The number of hydrogen-bond donors (Lipinski definition) is 34. The minimum atomic E-state index is -2.03. The highest BCUT2D eigenvalue weighted by Gasteiger charge is 2.43. The molecule has 55 nitrogen and oxygen atoms in total. The molecule has 0 aromatic heterocycles. The molecule has 780 valence electrons. The van der Waals surface area contributed by atoms with Crippen molar-refractivity contribution in [2.24, 2.45) is 52.2 Å². The minimum absolute atomic E-state index is 0.00970. The molecule has 0 aliphatic carbocycles. The van der Waals surface area contributed by atoms with Gasteiger partial charge in [-0.2, -0.15) is 12.6 Å². The van der Waals surface area contributed by atoms with Crippen LogP contribution < -0.4 is 135 Å². The number of carbonyl (C=O) groups is 21. The Morgan fingerprint density at radius 1 is 0.384 bits per heavy atom. The van der Waals surface area contributed by atoms with E-state index in [0.717, 1.165) is 11.8 Å². The summed E-state index contributed by atoms with van der Waals surface area (Å²) in [5.41, 5.74) is 33.3. The number of likely N-dealkylation sites (tertiary alicyclic amines) is 1. The number of nitrogens with one attached hydrogen (secondary N) is 22. The van der Waals surface area contributed by atoms with E-state index in [1.165, 1.54) is 13.8 Å². The number of rotatable bonds is 68. The van der Waals surface area contributed by atoms with Gasteiger partial charge in [-0.15, -0.1) is 0 Å². The molecule has 0 aromatic rings. The summed E-state index contributed by atoms with van der Waals surface area (Å²) in [4.78, 5) is 285. The number of guanidine groups is 3. The van der Waals surface area contributed by atoms with Crippen molar-refractivity contribution in [2.75, 3.05) is 58.2 Å². The van der Waals surface area contributed by atoms with Crippen molar-refractivity contribution in [2.45, 2.75) is 294 Å². The molecule has 1 rings (SSSR count).